The zero-order valence-electron chi connectivity index (χ0n) is 12.9. The Kier molecular flexibility index (Phi) is 4.62. The molecule has 0 saturated carbocycles. The van der Waals surface area contributed by atoms with Crippen LogP contribution in [0.2, 0.25) is 0 Å². The van der Waals surface area contributed by atoms with Gasteiger partial charge in [0.2, 0.25) is 0 Å². The Morgan fingerprint density at radius 2 is 1.84 bits per heavy atom. The molecule has 7 heteroatoms. The van der Waals surface area contributed by atoms with Crippen LogP contribution in [0.15, 0.2) is 60.9 Å². The highest BCUT2D eigenvalue weighted by Gasteiger charge is 2.09. The van der Waals surface area contributed by atoms with Crippen LogP contribution in [0.25, 0.3) is 0 Å². The first-order valence-corrected chi connectivity index (χ1v) is 7.30. The number of benzene rings is 2. The van der Waals surface area contributed by atoms with E-state index in [1.807, 2.05) is 6.07 Å². The number of anilines is 3. The van der Waals surface area contributed by atoms with Gasteiger partial charge in [-0.3, -0.25) is 4.79 Å². The molecule has 0 aliphatic heterocycles. The molecule has 0 spiro atoms. The van der Waals surface area contributed by atoms with Gasteiger partial charge < -0.3 is 10.6 Å². The van der Waals surface area contributed by atoms with Gasteiger partial charge in [0, 0.05) is 11.4 Å². The molecule has 122 valence electrons. The molecule has 6 nitrogen and oxygen atoms in total. The highest BCUT2D eigenvalue weighted by atomic mass is 19.1. The summed E-state index contributed by atoms with van der Waals surface area (Å²) in [5, 5.41) is 14.5. The number of carbonyl (C=O) groups excluding carboxylic acids is 1. The fourth-order valence-corrected chi connectivity index (χ4v) is 2.05. The van der Waals surface area contributed by atoms with Gasteiger partial charge in [0.15, 0.2) is 0 Å². The molecule has 0 fully saturated rings. The first kappa shape index (κ1) is 16.1. The number of halogens is 1. The predicted molar refractivity (Wildman–Crippen MR) is 90.8 cm³/mol. The van der Waals surface area contributed by atoms with Gasteiger partial charge in [0.25, 0.3) is 5.91 Å². The summed E-state index contributed by atoms with van der Waals surface area (Å²) in [4.78, 5) is 20.3. The van der Waals surface area contributed by atoms with E-state index in [-0.39, 0.29) is 11.5 Å². The van der Waals surface area contributed by atoms with Gasteiger partial charge in [-0.05, 0) is 42.5 Å². The third-order valence-electron chi connectivity index (χ3n) is 3.25. The van der Waals surface area contributed by atoms with E-state index >= 15 is 0 Å². The quantitative estimate of drug-likeness (QED) is 0.763. The average Bonchev–Trinajstić information content (AvgIpc) is 2.64. The second-order valence-corrected chi connectivity index (χ2v) is 5.07. The summed E-state index contributed by atoms with van der Waals surface area (Å²) in [6, 6.07) is 14.4. The summed E-state index contributed by atoms with van der Waals surface area (Å²) < 4.78 is 12.9. The third kappa shape index (κ3) is 4.14. The zero-order valence-corrected chi connectivity index (χ0v) is 12.9. The van der Waals surface area contributed by atoms with Crippen molar-refractivity contribution in [1.82, 2.24) is 9.97 Å². The van der Waals surface area contributed by atoms with Crippen molar-refractivity contribution in [2.24, 2.45) is 0 Å². The van der Waals surface area contributed by atoms with Crippen molar-refractivity contribution in [1.29, 1.82) is 5.26 Å². The molecule has 2 aromatic carbocycles. The summed E-state index contributed by atoms with van der Waals surface area (Å²) in [6.45, 7) is 0. The van der Waals surface area contributed by atoms with E-state index in [0.717, 1.165) is 0 Å². The van der Waals surface area contributed by atoms with E-state index in [4.69, 9.17) is 5.26 Å². The molecule has 25 heavy (non-hydrogen) atoms. The number of nitrogens with zero attached hydrogens (tertiary/aromatic N) is 3. The molecular formula is C18H12FN5O. The molecule has 1 aromatic heterocycles. The van der Waals surface area contributed by atoms with Gasteiger partial charge in [-0.2, -0.15) is 5.26 Å². The Hall–Kier alpha value is -3.79. The summed E-state index contributed by atoms with van der Waals surface area (Å²) in [7, 11) is 0. The second-order valence-electron chi connectivity index (χ2n) is 5.07. The van der Waals surface area contributed by atoms with Crippen LogP contribution in [0.3, 0.4) is 0 Å². The topological polar surface area (TPSA) is 90.7 Å². The van der Waals surface area contributed by atoms with Gasteiger partial charge >= 0.3 is 0 Å². The molecule has 0 aliphatic carbocycles. The van der Waals surface area contributed by atoms with Gasteiger partial charge in [-0.25, -0.2) is 14.4 Å². The highest BCUT2D eigenvalue weighted by molar-refractivity contribution is 6.02. The molecule has 2 N–H and O–H groups in total. The molecule has 3 rings (SSSR count). The van der Waals surface area contributed by atoms with Crippen molar-refractivity contribution in [3.05, 3.63) is 78.0 Å². The van der Waals surface area contributed by atoms with E-state index in [2.05, 4.69) is 20.6 Å². The van der Waals surface area contributed by atoms with E-state index in [0.29, 0.717) is 22.8 Å². The molecule has 0 aliphatic rings. The van der Waals surface area contributed by atoms with Crippen LogP contribution >= 0.6 is 0 Å². The van der Waals surface area contributed by atoms with Crippen molar-refractivity contribution in [2.45, 2.75) is 0 Å². The van der Waals surface area contributed by atoms with E-state index < -0.39 is 5.91 Å². The van der Waals surface area contributed by atoms with Crippen molar-refractivity contribution < 1.29 is 9.18 Å². The Labute approximate surface area is 143 Å². The summed E-state index contributed by atoms with van der Waals surface area (Å²) >= 11 is 0. The maximum Gasteiger partial charge on any atom is 0.275 e. The lowest BCUT2D eigenvalue weighted by atomic mass is 10.2. The lowest BCUT2D eigenvalue weighted by molar-refractivity contribution is 0.102. The minimum atomic E-state index is -0.434. The molecule has 0 saturated heterocycles. The molecular weight excluding hydrogens is 321 g/mol. The average molecular weight is 333 g/mol. The zero-order chi connectivity index (χ0) is 17.6. The van der Waals surface area contributed by atoms with Crippen LogP contribution in [0, 0.1) is 17.1 Å². The summed E-state index contributed by atoms with van der Waals surface area (Å²) in [6.07, 6.45) is 2.74. The van der Waals surface area contributed by atoms with Crippen molar-refractivity contribution in [2.75, 3.05) is 10.6 Å². The smallest absolute Gasteiger partial charge is 0.275 e. The van der Waals surface area contributed by atoms with Gasteiger partial charge in [-0.1, -0.05) is 6.07 Å². The minimum Gasteiger partial charge on any atom is -0.339 e. The summed E-state index contributed by atoms with van der Waals surface area (Å²) in [5.74, 6) is -0.338. The SMILES string of the molecule is N#Cc1cccc(NC(=O)c2cnc(Nc3ccc(F)cc3)cn2)c1. The molecule has 1 amide bonds. The fourth-order valence-electron chi connectivity index (χ4n) is 2.05. The van der Waals surface area contributed by atoms with E-state index in [9.17, 15) is 9.18 Å². The van der Waals surface area contributed by atoms with Crippen molar-refractivity contribution in [3.8, 4) is 6.07 Å². The normalized spacial score (nSPS) is 9.92. The number of nitriles is 1. The first-order valence-electron chi connectivity index (χ1n) is 7.30. The van der Waals surface area contributed by atoms with E-state index in [1.54, 1.807) is 36.4 Å². The van der Waals surface area contributed by atoms with Gasteiger partial charge in [0.05, 0.1) is 24.0 Å². The minimum absolute atomic E-state index is 0.131. The molecule has 0 atom stereocenters. The van der Waals surface area contributed by atoms with Crippen LogP contribution in [0.5, 0.6) is 0 Å². The first-order chi connectivity index (χ1) is 12.1. The number of amides is 1. The number of hydrogen-bond donors (Lipinski definition) is 2. The number of rotatable bonds is 4. The Balaban J connectivity index is 1.68. The molecule has 0 bridgehead atoms. The maximum absolute atomic E-state index is 12.9. The number of carbonyl (C=O) groups is 1. The number of hydrogen-bond acceptors (Lipinski definition) is 5. The molecule has 0 unspecified atom stereocenters. The number of aromatic nitrogens is 2. The van der Waals surface area contributed by atoms with Crippen LogP contribution in [0.1, 0.15) is 16.1 Å². The fraction of sp³-hybridized carbons (Fsp3) is 0. The molecule has 3 aromatic rings. The predicted octanol–water partition coefficient (Wildman–Crippen LogP) is 3.48. The standard InChI is InChI=1S/C18H12FN5O/c19-13-4-6-14(7-5-13)23-17-11-21-16(10-22-17)18(25)24-15-3-1-2-12(8-15)9-20/h1-8,10-11H,(H,22,23)(H,24,25). The highest BCUT2D eigenvalue weighted by Crippen LogP contribution is 2.15. The Morgan fingerprint density at radius 1 is 1.04 bits per heavy atom. The van der Waals surface area contributed by atoms with Crippen LogP contribution in [0.4, 0.5) is 21.6 Å². The molecule has 1 heterocycles. The summed E-state index contributed by atoms with van der Waals surface area (Å²) in [5.41, 5.74) is 1.73. The Bertz CT molecular complexity index is 933. The van der Waals surface area contributed by atoms with Crippen molar-refractivity contribution >= 4 is 23.1 Å². The van der Waals surface area contributed by atoms with Gasteiger partial charge in [0.1, 0.15) is 17.3 Å². The largest absolute Gasteiger partial charge is 0.339 e. The third-order valence-corrected chi connectivity index (χ3v) is 3.25. The number of nitrogens with one attached hydrogen (secondary N) is 2. The monoisotopic (exact) mass is 333 g/mol. The second kappa shape index (κ2) is 7.19. The van der Waals surface area contributed by atoms with Crippen molar-refractivity contribution in [3.63, 3.8) is 0 Å². The maximum atomic E-state index is 12.9. The van der Waals surface area contributed by atoms with E-state index in [1.165, 1.54) is 24.5 Å². The van der Waals surface area contributed by atoms with Gasteiger partial charge in [-0.15, -0.1) is 0 Å². The van der Waals surface area contributed by atoms with Crippen LogP contribution in [-0.4, -0.2) is 15.9 Å². The van der Waals surface area contributed by atoms with Crippen LogP contribution < -0.4 is 10.6 Å². The lowest BCUT2D eigenvalue weighted by Gasteiger charge is -2.07. The van der Waals surface area contributed by atoms with Crippen LogP contribution in [-0.2, 0) is 0 Å². The lowest BCUT2D eigenvalue weighted by Crippen LogP contribution is -2.14. The molecule has 0 radical (unpaired) electrons. The Morgan fingerprint density at radius 3 is 2.52 bits per heavy atom.